The zero-order chi connectivity index (χ0) is 11.5. The van der Waals surface area contributed by atoms with Crippen molar-refractivity contribution in [2.75, 3.05) is 19.6 Å². The lowest BCUT2D eigenvalue weighted by atomic mass is 10.1. The summed E-state index contributed by atoms with van der Waals surface area (Å²) in [5.41, 5.74) is 8.89. The van der Waals surface area contributed by atoms with Gasteiger partial charge in [-0.1, -0.05) is 29.8 Å². The minimum absolute atomic E-state index is 0.0704. The minimum atomic E-state index is 0.0704. The quantitative estimate of drug-likeness (QED) is 0.824. The van der Waals surface area contributed by atoms with Crippen LogP contribution in [0.5, 0.6) is 0 Å². The van der Waals surface area contributed by atoms with Gasteiger partial charge in [0.05, 0.1) is 0 Å². The highest BCUT2D eigenvalue weighted by atomic mass is 16.2. The van der Waals surface area contributed by atoms with Gasteiger partial charge in [0, 0.05) is 25.7 Å². The molecule has 16 heavy (non-hydrogen) atoms. The van der Waals surface area contributed by atoms with Gasteiger partial charge in [0.15, 0.2) is 0 Å². The summed E-state index contributed by atoms with van der Waals surface area (Å²) in [5.74, 6) is 0.0704. The highest BCUT2D eigenvalue weighted by Gasteiger charge is 2.21. The zero-order valence-corrected chi connectivity index (χ0v) is 9.44. The van der Waals surface area contributed by atoms with E-state index in [1.54, 1.807) is 11.0 Å². The summed E-state index contributed by atoms with van der Waals surface area (Å²) in [4.78, 5) is 13.4. The van der Waals surface area contributed by atoms with Gasteiger partial charge in [0.2, 0.25) is 5.91 Å². The van der Waals surface area contributed by atoms with Gasteiger partial charge >= 0.3 is 0 Å². The van der Waals surface area contributed by atoms with Crippen molar-refractivity contribution < 1.29 is 4.79 Å². The largest absolute Gasteiger partial charge is 0.334 e. The average Bonchev–Trinajstić information content (AvgIpc) is 2.62. The fraction of sp³-hybridized carbons (Fsp3) is 0.308. The second kappa shape index (κ2) is 4.49. The lowest BCUT2D eigenvalue weighted by Crippen LogP contribution is -2.31. The van der Waals surface area contributed by atoms with Gasteiger partial charge in [-0.15, -0.1) is 0 Å². The molecule has 2 rings (SSSR count). The number of nitrogens with two attached hydrogens (primary N) is 1. The molecule has 0 aliphatic carbocycles. The van der Waals surface area contributed by atoms with Gasteiger partial charge < -0.3 is 10.6 Å². The number of hydrogen-bond acceptors (Lipinski definition) is 2. The summed E-state index contributed by atoms with van der Waals surface area (Å²) in [6.45, 7) is 3.88. The predicted molar refractivity (Wildman–Crippen MR) is 64.8 cm³/mol. The number of rotatable bonds is 3. The Bertz CT molecular complexity index is 420. The molecule has 1 aliphatic rings. The van der Waals surface area contributed by atoms with Crippen LogP contribution in [0.25, 0.3) is 5.57 Å². The van der Waals surface area contributed by atoms with Gasteiger partial charge in [0.25, 0.3) is 0 Å². The third kappa shape index (κ3) is 2.14. The van der Waals surface area contributed by atoms with E-state index in [2.05, 4.69) is 31.2 Å². The predicted octanol–water partition coefficient (Wildman–Crippen LogP) is 1.18. The van der Waals surface area contributed by atoms with Gasteiger partial charge in [-0.25, -0.2) is 0 Å². The number of amides is 1. The van der Waals surface area contributed by atoms with Crippen LogP contribution in [-0.2, 0) is 4.79 Å². The first-order valence-corrected chi connectivity index (χ1v) is 5.47. The summed E-state index contributed by atoms with van der Waals surface area (Å²) >= 11 is 0. The molecule has 1 aliphatic heterocycles. The Labute approximate surface area is 95.6 Å². The summed E-state index contributed by atoms with van der Waals surface area (Å²) in [7, 11) is 0. The van der Waals surface area contributed by atoms with Crippen LogP contribution in [-0.4, -0.2) is 30.4 Å². The number of nitrogens with zero attached hydrogens (tertiary/aromatic N) is 1. The molecule has 3 heteroatoms. The topological polar surface area (TPSA) is 46.3 Å². The Kier molecular flexibility index (Phi) is 3.06. The summed E-state index contributed by atoms with van der Waals surface area (Å²) < 4.78 is 0. The van der Waals surface area contributed by atoms with Crippen molar-refractivity contribution in [1.29, 1.82) is 0 Å². The van der Waals surface area contributed by atoms with Crippen LogP contribution in [0, 0.1) is 6.92 Å². The van der Waals surface area contributed by atoms with E-state index in [1.165, 1.54) is 5.56 Å². The number of aryl methyl sites for hydroxylation is 1. The summed E-state index contributed by atoms with van der Waals surface area (Å²) in [5, 5.41) is 0. The maximum absolute atomic E-state index is 11.6. The molecular formula is C13H16N2O. The molecule has 1 aromatic rings. The number of carbonyl (C=O) groups excluding carboxylic acids is 1. The maximum Gasteiger partial charge on any atom is 0.247 e. The molecule has 0 saturated heterocycles. The number of hydrogen-bond donors (Lipinski definition) is 1. The molecule has 0 unspecified atom stereocenters. The Morgan fingerprint density at radius 3 is 2.62 bits per heavy atom. The molecule has 2 N–H and O–H groups in total. The minimum Gasteiger partial charge on any atom is -0.334 e. The Balaban J connectivity index is 2.15. The van der Waals surface area contributed by atoms with E-state index in [9.17, 15) is 4.79 Å². The molecule has 1 heterocycles. The van der Waals surface area contributed by atoms with Crippen LogP contribution in [0.3, 0.4) is 0 Å². The van der Waals surface area contributed by atoms with E-state index in [-0.39, 0.29) is 5.91 Å². The lowest BCUT2D eigenvalue weighted by Gasteiger charge is -2.15. The molecule has 3 nitrogen and oxygen atoms in total. The molecule has 0 bridgehead atoms. The normalized spacial score (nSPS) is 15.5. The van der Waals surface area contributed by atoms with Gasteiger partial charge in [-0.05, 0) is 18.1 Å². The summed E-state index contributed by atoms with van der Waals surface area (Å²) in [6, 6.07) is 8.24. The molecule has 84 valence electrons. The molecule has 0 radical (unpaired) electrons. The molecule has 1 aromatic carbocycles. The fourth-order valence-corrected chi connectivity index (χ4v) is 1.86. The fourth-order valence-electron chi connectivity index (χ4n) is 1.86. The monoisotopic (exact) mass is 216 g/mol. The van der Waals surface area contributed by atoms with E-state index in [4.69, 9.17) is 5.73 Å². The molecule has 0 aromatic heterocycles. The zero-order valence-electron chi connectivity index (χ0n) is 9.44. The third-order valence-electron chi connectivity index (χ3n) is 2.79. The molecule has 1 amide bonds. The van der Waals surface area contributed by atoms with Crippen molar-refractivity contribution in [3.8, 4) is 0 Å². The van der Waals surface area contributed by atoms with Crippen LogP contribution in [0.1, 0.15) is 11.1 Å². The second-order valence-corrected chi connectivity index (χ2v) is 4.08. The first-order valence-electron chi connectivity index (χ1n) is 5.47. The van der Waals surface area contributed by atoms with Crippen molar-refractivity contribution in [3.05, 3.63) is 41.5 Å². The molecule has 0 fully saturated rings. The van der Waals surface area contributed by atoms with E-state index < -0.39 is 0 Å². The van der Waals surface area contributed by atoms with Crippen molar-refractivity contribution in [2.45, 2.75) is 6.92 Å². The van der Waals surface area contributed by atoms with E-state index in [0.29, 0.717) is 19.6 Å². The van der Waals surface area contributed by atoms with Crippen LogP contribution in [0.15, 0.2) is 30.3 Å². The van der Waals surface area contributed by atoms with E-state index in [0.717, 1.165) is 11.1 Å². The first-order chi connectivity index (χ1) is 7.70. The molecule has 0 atom stereocenters. The Hall–Kier alpha value is -1.61. The lowest BCUT2D eigenvalue weighted by molar-refractivity contribution is -0.124. The van der Waals surface area contributed by atoms with E-state index in [1.807, 2.05) is 0 Å². The standard InChI is InChI=1S/C13H16N2O/c1-10-2-4-11(5-3-10)12-8-13(16)15(9-12)7-6-14/h2-5,8H,6-7,9,14H2,1H3. The smallest absolute Gasteiger partial charge is 0.247 e. The SMILES string of the molecule is Cc1ccc(C2=CC(=O)N(CCN)C2)cc1. The average molecular weight is 216 g/mol. The van der Waals surface area contributed by atoms with Crippen LogP contribution >= 0.6 is 0 Å². The van der Waals surface area contributed by atoms with Gasteiger partial charge in [-0.2, -0.15) is 0 Å². The second-order valence-electron chi connectivity index (χ2n) is 4.08. The molecule has 0 spiro atoms. The van der Waals surface area contributed by atoms with Crippen molar-refractivity contribution in [2.24, 2.45) is 5.73 Å². The highest BCUT2D eigenvalue weighted by molar-refractivity contribution is 6.00. The molecular weight excluding hydrogens is 200 g/mol. The molecule has 0 saturated carbocycles. The van der Waals surface area contributed by atoms with Gasteiger partial charge in [-0.3, -0.25) is 4.79 Å². The van der Waals surface area contributed by atoms with E-state index >= 15 is 0 Å². The van der Waals surface area contributed by atoms with Crippen molar-refractivity contribution in [1.82, 2.24) is 4.90 Å². The Morgan fingerprint density at radius 1 is 1.31 bits per heavy atom. The van der Waals surface area contributed by atoms with Crippen LogP contribution in [0.2, 0.25) is 0 Å². The van der Waals surface area contributed by atoms with Crippen LogP contribution < -0.4 is 5.73 Å². The first kappa shape index (κ1) is 10.9. The van der Waals surface area contributed by atoms with Gasteiger partial charge in [0.1, 0.15) is 0 Å². The number of benzene rings is 1. The highest BCUT2D eigenvalue weighted by Crippen LogP contribution is 2.21. The van der Waals surface area contributed by atoms with Crippen LogP contribution in [0.4, 0.5) is 0 Å². The Morgan fingerprint density at radius 2 is 2.00 bits per heavy atom. The number of carbonyl (C=O) groups is 1. The van der Waals surface area contributed by atoms with Crippen molar-refractivity contribution >= 4 is 11.5 Å². The summed E-state index contributed by atoms with van der Waals surface area (Å²) in [6.07, 6.45) is 1.71. The van der Waals surface area contributed by atoms with Crippen molar-refractivity contribution in [3.63, 3.8) is 0 Å². The third-order valence-corrected chi connectivity index (χ3v) is 2.79. The maximum atomic E-state index is 11.6.